The van der Waals surface area contributed by atoms with Crippen molar-refractivity contribution in [2.45, 2.75) is 0 Å². The number of hydrogen-bond donors (Lipinski definition) is 0. The molecule has 0 saturated heterocycles. The summed E-state index contributed by atoms with van der Waals surface area (Å²) in [5.41, 5.74) is 9.78. The van der Waals surface area contributed by atoms with Crippen molar-refractivity contribution < 1.29 is 0 Å². The van der Waals surface area contributed by atoms with Crippen LogP contribution in [-0.4, -0.2) is 8.97 Å². The summed E-state index contributed by atoms with van der Waals surface area (Å²) in [4.78, 5) is 0. The highest BCUT2D eigenvalue weighted by Crippen LogP contribution is 2.41. The van der Waals surface area contributed by atoms with Gasteiger partial charge in [-0.3, -0.25) is 0 Å². The van der Waals surface area contributed by atoms with Gasteiger partial charge in [-0.1, -0.05) is 115 Å². The minimum Gasteiger partial charge on any atom is -0.307 e. The zero-order chi connectivity index (χ0) is 26.2. The molecule has 0 aliphatic heterocycles. The maximum atomic E-state index is 2.49. The number of para-hydroxylation sites is 2. The second-order valence-electron chi connectivity index (χ2n) is 10.6. The summed E-state index contributed by atoms with van der Waals surface area (Å²) in [6.07, 6.45) is 0. The Kier molecular flexibility index (Phi) is 4.36. The number of benzene rings is 6. The highest BCUT2D eigenvalue weighted by molar-refractivity contribution is 6.22. The predicted molar refractivity (Wildman–Crippen MR) is 170 cm³/mol. The number of rotatable bonds is 2. The number of nitrogens with zero attached hydrogens (tertiary/aromatic N) is 2. The molecule has 0 unspecified atom stereocenters. The van der Waals surface area contributed by atoms with Crippen molar-refractivity contribution in [1.82, 2.24) is 8.97 Å². The molecule has 0 fully saturated rings. The lowest BCUT2D eigenvalue weighted by Gasteiger charge is -2.13. The Labute approximate surface area is 230 Å². The molecule has 0 bridgehead atoms. The maximum absolute atomic E-state index is 2.49. The molecule has 0 aliphatic rings. The first-order chi connectivity index (χ1) is 19.9. The predicted octanol–water partition coefficient (Wildman–Crippen LogP) is 10.2. The minimum atomic E-state index is 1.17. The molecule has 0 atom stereocenters. The fourth-order valence-corrected chi connectivity index (χ4v) is 6.75. The molecule has 0 radical (unpaired) electrons. The molecule has 0 aliphatic carbocycles. The summed E-state index contributed by atoms with van der Waals surface area (Å²) < 4.78 is 4.96. The standard InChI is InChI=1S/C38H24N2/c1-2-11-25(12-3-1)26-13-10-14-28(23-26)39-34-19-8-7-18-32(34)33-22-21-27-24-36-31-17-5-4-15-29(31)30-16-6-9-20-35(30)40(36)37(27)38(33)39/h1-24H. The van der Waals surface area contributed by atoms with Crippen LogP contribution in [0.4, 0.5) is 0 Å². The van der Waals surface area contributed by atoms with Gasteiger partial charge in [-0.2, -0.15) is 0 Å². The van der Waals surface area contributed by atoms with E-state index in [0.29, 0.717) is 0 Å². The molecule has 9 aromatic rings. The molecule has 9 rings (SSSR count). The smallest absolute Gasteiger partial charge is 0.0788 e. The zero-order valence-electron chi connectivity index (χ0n) is 21.8. The molecule has 3 aromatic heterocycles. The van der Waals surface area contributed by atoms with E-state index in [9.17, 15) is 0 Å². The van der Waals surface area contributed by atoms with Crippen LogP contribution in [0.2, 0.25) is 0 Å². The lowest BCUT2D eigenvalue weighted by molar-refractivity contribution is 1.18. The molecule has 6 aromatic carbocycles. The van der Waals surface area contributed by atoms with E-state index in [2.05, 4.69) is 155 Å². The van der Waals surface area contributed by atoms with Gasteiger partial charge < -0.3 is 8.97 Å². The molecule has 186 valence electrons. The van der Waals surface area contributed by atoms with Crippen molar-refractivity contribution >= 4 is 59.9 Å². The van der Waals surface area contributed by atoms with Crippen molar-refractivity contribution in [2.24, 2.45) is 0 Å². The highest BCUT2D eigenvalue weighted by Gasteiger charge is 2.20. The maximum Gasteiger partial charge on any atom is 0.0788 e. The largest absolute Gasteiger partial charge is 0.307 e. The third-order valence-electron chi connectivity index (χ3n) is 8.45. The van der Waals surface area contributed by atoms with E-state index in [1.807, 2.05) is 0 Å². The lowest BCUT2D eigenvalue weighted by Crippen LogP contribution is -1.97. The zero-order valence-corrected chi connectivity index (χ0v) is 21.8. The minimum absolute atomic E-state index is 1.17. The fraction of sp³-hybridized carbons (Fsp3) is 0. The van der Waals surface area contributed by atoms with Crippen LogP contribution in [0.25, 0.3) is 76.7 Å². The third-order valence-corrected chi connectivity index (χ3v) is 8.45. The Balaban J connectivity index is 1.51. The second-order valence-corrected chi connectivity index (χ2v) is 10.6. The van der Waals surface area contributed by atoms with Gasteiger partial charge in [0.2, 0.25) is 0 Å². The molecule has 3 heterocycles. The van der Waals surface area contributed by atoms with Gasteiger partial charge in [0.05, 0.1) is 27.6 Å². The lowest BCUT2D eigenvalue weighted by atomic mass is 10.1. The summed E-state index contributed by atoms with van der Waals surface area (Å²) in [5, 5.41) is 7.63. The van der Waals surface area contributed by atoms with Crippen LogP contribution in [0.1, 0.15) is 0 Å². The van der Waals surface area contributed by atoms with Gasteiger partial charge in [0, 0.05) is 32.6 Å². The number of hydrogen-bond acceptors (Lipinski definition) is 0. The summed E-state index contributed by atoms with van der Waals surface area (Å²) >= 11 is 0. The van der Waals surface area contributed by atoms with E-state index in [-0.39, 0.29) is 0 Å². The Hall–Kier alpha value is -5.34. The summed E-state index contributed by atoms with van der Waals surface area (Å²) in [7, 11) is 0. The Morgan fingerprint density at radius 1 is 0.350 bits per heavy atom. The SMILES string of the molecule is c1ccc(-c2cccc(-n3c4ccccc4c4ccc5cc6c7ccccc7c7ccccc7n6c5c43)c2)cc1. The summed E-state index contributed by atoms with van der Waals surface area (Å²) in [5.74, 6) is 0. The average Bonchev–Trinajstić information content (AvgIpc) is 3.58. The molecule has 0 spiro atoms. The van der Waals surface area contributed by atoms with Crippen LogP contribution in [0.15, 0.2) is 146 Å². The normalized spacial score (nSPS) is 12.0. The fourth-order valence-electron chi connectivity index (χ4n) is 6.75. The summed E-state index contributed by atoms with van der Waals surface area (Å²) in [6.45, 7) is 0. The first kappa shape index (κ1) is 21.6. The Morgan fingerprint density at radius 3 is 1.77 bits per heavy atom. The topological polar surface area (TPSA) is 9.34 Å². The van der Waals surface area contributed by atoms with Crippen molar-refractivity contribution in [3.8, 4) is 16.8 Å². The van der Waals surface area contributed by atoms with Gasteiger partial charge >= 0.3 is 0 Å². The third kappa shape index (κ3) is 2.88. The molecular weight excluding hydrogens is 484 g/mol. The van der Waals surface area contributed by atoms with E-state index >= 15 is 0 Å². The molecule has 2 nitrogen and oxygen atoms in total. The number of pyridine rings is 1. The first-order valence-corrected chi connectivity index (χ1v) is 13.8. The van der Waals surface area contributed by atoms with Crippen LogP contribution in [0.5, 0.6) is 0 Å². The van der Waals surface area contributed by atoms with Gasteiger partial charge in [0.25, 0.3) is 0 Å². The molecular formula is C38H24N2. The van der Waals surface area contributed by atoms with Crippen molar-refractivity contribution in [3.05, 3.63) is 146 Å². The quantitative estimate of drug-likeness (QED) is 0.206. The molecule has 2 heteroatoms. The van der Waals surface area contributed by atoms with Gasteiger partial charge in [-0.25, -0.2) is 0 Å². The molecule has 0 amide bonds. The van der Waals surface area contributed by atoms with E-state index in [1.54, 1.807) is 0 Å². The van der Waals surface area contributed by atoms with Gasteiger partial charge in [-0.15, -0.1) is 0 Å². The monoisotopic (exact) mass is 508 g/mol. The van der Waals surface area contributed by atoms with Crippen LogP contribution >= 0.6 is 0 Å². The van der Waals surface area contributed by atoms with Crippen molar-refractivity contribution in [1.29, 1.82) is 0 Å². The van der Waals surface area contributed by atoms with Crippen molar-refractivity contribution in [2.75, 3.05) is 0 Å². The first-order valence-electron chi connectivity index (χ1n) is 13.8. The number of fused-ring (bicyclic) bond motifs is 12. The van der Waals surface area contributed by atoms with Crippen LogP contribution in [0.3, 0.4) is 0 Å². The average molecular weight is 509 g/mol. The molecule has 0 saturated carbocycles. The van der Waals surface area contributed by atoms with E-state index in [4.69, 9.17) is 0 Å². The Bertz CT molecular complexity index is 2420. The molecule has 0 N–H and O–H groups in total. The van der Waals surface area contributed by atoms with Crippen LogP contribution in [-0.2, 0) is 0 Å². The summed E-state index contributed by atoms with van der Waals surface area (Å²) in [6, 6.07) is 53.0. The van der Waals surface area contributed by atoms with Gasteiger partial charge in [0.1, 0.15) is 0 Å². The van der Waals surface area contributed by atoms with E-state index < -0.39 is 0 Å². The second kappa shape index (κ2) is 8.08. The van der Waals surface area contributed by atoms with Gasteiger partial charge in [0.15, 0.2) is 0 Å². The molecule has 40 heavy (non-hydrogen) atoms. The number of aromatic nitrogens is 2. The van der Waals surface area contributed by atoms with Crippen LogP contribution < -0.4 is 0 Å². The van der Waals surface area contributed by atoms with Crippen LogP contribution in [0, 0.1) is 0 Å². The van der Waals surface area contributed by atoms with E-state index in [0.717, 1.165) is 0 Å². The van der Waals surface area contributed by atoms with Crippen molar-refractivity contribution in [3.63, 3.8) is 0 Å². The highest BCUT2D eigenvalue weighted by atomic mass is 15.0. The Morgan fingerprint density at radius 2 is 0.975 bits per heavy atom. The van der Waals surface area contributed by atoms with E-state index in [1.165, 1.54) is 76.7 Å². The van der Waals surface area contributed by atoms with Gasteiger partial charge in [-0.05, 0) is 46.8 Å².